The Morgan fingerprint density at radius 1 is 1.50 bits per heavy atom. The lowest BCUT2D eigenvalue weighted by Crippen LogP contribution is -2.40. The van der Waals surface area contributed by atoms with Crippen molar-refractivity contribution in [3.05, 3.63) is 0 Å². The van der Waals surface area contributed by atoms with Crippen LogP contribution in [0.2, 0.25) is 0 Å². The first-order valence-corrected chi connectivity index (χ1v) is 6.75. The zero-order valence-corrected chi connectivity index (χ0v) is 10.8. The third kappa shape index (κ3) is 2.96. The van der Waals surface area contributed by atoms with Crippen LogP contribution < -0.4 is 5.32 Å². The summed E-state index contributed by atoms with van der Waals surface area (Å²) in [6, 6.07) is 0. The Labute approximate surface area is 99.5 Å². The lowest BCUT2D eigenvalue weighted by Gasteiger charge is -2.33. The van der Waals surface area contributed by atoms with E-state index in [0.717, 1.165) is 13.2 Å². The Morgan fingerprint density at radius 3 is 2.94 bits per heavy atom. The molecule has 0 aromatic rings. The quantitative estimate of drug-likeness (QED) is 0.768. The Hall–Kier alpha value is -0.120. The largest absolute Gasteiger partial charge is 0.377 e. The van der Waals surface area contributed by atoms with Crippen molar-refractivity contribution in [1.29, 1.82) is 0 Å². The van der Waals surface area contributed by atoms with Crippen LogP contribution in [-0.4, -0.2) is 50.8 Å². The number of nitrogens with one attached hydrogen (secondary N) is 1. The highest BCUT2D eigenvalue weighted by Crippen LogP contribution is 2.30. The Morgan fingerprint density at radius 2 is 2.38 bits per heavy atom. The van der Waals surface area contributed by atoms with E-state index in [-0.39, 0.29) is 0 Å². The van der Waals surface area contributed by atoms with E-state index in [2.05, 4.69) is 24.2 Å². The molecule has 0 aromatic heterocycles. The molecule has 2 aliphatic heterocycles. The molecule has 0 bridgehead atoms. The standard InChI is InChI=1S/C13H26N2O/c1-3-13(6-7-14-10-13)11-15(2)9-12-5-4-8-16-12/h12,14H,3-11H2,1-2H3. The van der Waals surface area contributed by atoms with Gasteiger partial charge >= 0.3 is 0 Å². The molecule has 2 saturated heterocycles. The van der Waals surface area contributed by atoms with Gasteiger partial charge in [-0.05, 0) is 44.7 Å². The van der Waals surface area contributed by atoms with E-state index in [1.807, 2.05) is 0 Å². The maximum atomic E-state index is 5.70. The van der Waals surface area contributed by atoms with Crippen LogP contribution in [-0.2, 0) is 4.74 Å². The van der Waals surface area contributed by atoms with Gasteiger partial charge in [0.1, 0.15) is 0 Å². The zero-order chi connectivity index (χ0) is 11.4. The van der Waals surface area contributed by atoms with Crippen LogP contribution >= 0.6 is 0 Å². The van der Waals surface area contributed by atoms with Crippen molar-refractivity contribution in [2.45, 2.75) is 38.7 Å². The highest BCUT2D eigenvalue weighted by Gasteiger charge is 2.33. The average molecular weight is 226 g/mol. The van der Waals surface area contributed by atoms with Gasteiger partial charge in [-0.2, -0.15) is 0 Å². The summed E-state index contributed by atoms with van der Waals surface area (Å²) < 4.78 is 5.70. The van der Waals surface area contributed by atoms with Gasteiger partial charge in [0.25, 0.3) is 0 Å². The fraction of sp³-hybridized carbons (Fsp3) is 1.00. The third-order valence-corrected chi connectivity index (χ3v) is 4.23. The van der Waals surface area contributed by atoms with E-state index in [9.17, 15) is 0 Å². The monoisotopic (exact) mass is 226 g/mol. The summed E-state index contributed by atoms with van der Waals surface area (Å²) in [6.45, 7) is 8.02. The number of hydrogen-bond acceptors (Lipinski definition) is 3. The molecule has 16 heavy (non-hydrogen) atoms. The molecule has 0 aliphatic carbocycles. The van der Waals surface area contributed by atoms with Crippen molar-refractivity contribution >= 4 is 0 Å². The fourth-order valence-corrected chi connectivity index (χ4v) is 3.12. The van der Waals surface area contributed by atoms with Crippen LogP contribution in [0, 0.1) is 5.41 Å². The second-order valence-corrected chi connectivity index (χ2v) is 5.61. The Kier molecular flexibility index (Phi) is 4.22. The van der Waals surface area contributed by atoms with Crippen LogP contribution in [0.25, 0.3) is 0 Å². The molecule has 2 rings (SSSR count). The minimum Gasteiger partial charge on any atom is -0.377 e. The summed E-state index contributed by atoms with van der Waals surface area (Å²) >= 11 is 0. The molecule has 2 fully saturated rings. The summed E-state index contributed by atoms with van der Waals surface area (Å²) in [5, 5.41) is 3.51. The van der Waals surface area contributed by atoms with E-state index in [4.69, 9.17) is 4.74 Å². The highest BCUT2D eigenvalue weighted by molar-refractivity contribution is 4.89. The lowest BCUT2D eigenvalue weighted by molar-refractivity contribution is 0.0665. The van der Waals surface area contributed by atoms with Crippen molar-refractivity contribution in [3.63, 3.8) is 0 Å². The van der Waals surface area contributed by atoms with Gasteiger partial charge in [0.05, 0.1) is 6.10 Å². The molecule has 2 atom stereocenters. The minimum absolute atomic E-state index is 0.494. The Balaban J connectivity index is 1.78. The second-order valence-electron chi connectivity index (χ2n) is 5.61. The minimum atomic E-state index is 0.494. The van der Waals surface area contributed by atoms with E-state index >= 15 is 0 Å². The van der Waals surface area contributed by atoms with Crippen molar-refractivity contribution < 1.29 is 4.74 Å². The maximum absolute atomic E-state index is 5.70. The second kappa shape index (κ2) is 5.48. The number of likely N-dealkylation sites (N-methyl/N-ethyl adjacent to an activating group) is 1. The molecule has 3 nitrogen and oxygen atoms in total. The predicted octanol–water partition coefficient (Wildman–Crippen LogP) is 1.49. The van der Waals surface area contributed by atoms with Crippen LogP contribution in [0.5, 0.6) is 0 Å². The van der Waals surface area contributed by atoms with E-state index in [1.165, 1.54) is 45.3 Å². The number of hydrogen-bond donors (Lipinski definition) is 1. The first kappa shape index (κ1) is 12.3. The summed E-state index contributed by atoms with van der Waals surface area (Å²) in [5.74, 6) is 0. The van der Waals surface area contributed by atoms with Gasteiger partial charge in [0, 0.05) is 26.2 Å². The number of rotatable bonds is 5. The molecule has 0 amide bonds. The van der Waals surface area contributed by atoms with E-state index in [1.54, 1.807) is 0 Å². The van der Waals surface area contributed by atoms with Gasteiger partial charge < -0.3 is 15.0 Å². The Bertz CT molecular complexity index is 208. The molecule has 2 aliphatic rings. The third-order valence-electron chi connectivity index (χ3n) is 4.23. The molecular weight excluding hydrogens is 200 g/mol. The summed E-state index contributed by atoms with van der Waals surface area (Å²) in [7, 11) is 2.25. The summed E-state index contributed by atoms with van der Waals surface area (Å²) in [4.78, 5) is 2.48. The molecular formula is C13H26N2O. The van der Waals surface area contributed by atoms with Crippen molar-refractivity contribution in [1.82, 2.24) is 10.2 Å². The van der Waals surface area contributed by atoms with Crippen molar-refractivity contribution in [3.8, 4) is 0 Å². The number of ether oxygens (including phenoxy) is 1. The number of nitrogens with zero attached hydrogens (tertiary/aromatic N) is 1. The average Bonchev–Trinajstić information content (AvgIpc) is 2.90. The predicted molar refractivity (Wildman–Crippen MR) is 66.7 cm³/mol. The van der Waals surface area contributed by atoms with Gasteiger partial charge in [-0.25, -0.2) is 0 Å². The van der Waals surface area contributed by atoms with Gasteiger partial charge in [-0.1, -0.05) is 6.92 Å². The van der Waals surface area contributed by atoms with Crippen LogP contribution in [0.4, 0.5) is 0 Å². The normalized spacial score (nSPS) is 35.1. The molecule has 0 aromatic carbocycles. The topological polar surface area (TPSA) is 24.5 Å². The maximum Gasteiger partial charge on any atom is 0.0702 e. The fourth-order valence-electron chi connectivity index (χ4n) is 3.12. The molecule has 0 spiro atoms. The van der Waals surface area contributed by atoms with Crippen molar-refractivity contribution in [2.24, 2.45) is 5.41 Å². The van der Waals surface area contributed by atoms with E-state index < -0.39 is 0 Å². The molecule has 1 N–H and O–H groups in total. The summed E-state index contributed by atoms with van der Waals surface area (Å²) in [6.07, 6.45) is 5.61. The molecule has 2 heterocycles. The van der Waals surface area contributed by atoms with Gasteiger partial charge in [0.2, 0.25) is 0 Å². The SMILES string of the molecule is CCC1(CN(C)CC2CCCO2)CCNC1. The first-order chi connectivity index (χ1) is 7.74. The highest BCUT2D eigenvalue weighted by atomic mass is 16.5. The van der Waals surface area contributed by atoms with Crippen molar-refractivity contribution in [2.75, 3.05) is 39.8 Å². The van der Waals surface area contributed by atoms with Gasteiger partial charge in [-0.15, -0.1) is 0 Å². The molecule has 94 valence electrons. The summed E-state index contributed by atoms with van der Waals surface area (Å²) in [5.41, 5.74) is 0.521. The first-order valence-electron chi connectivity index (χ1n) is 6.75. The molecule has 2 unspecified atom stereocenters. The van der Waals surface area contributed by atoms with E-state index in [0.29, 0.717) is 11.5 Å². The van der Waals surface area contributed by atoms with Gasteiger partial charge in [-0.3, -0.25) is 0 Å². The molecule has 0 saturated carbocycles. The van der Waals surface area contributed by atoms with Crippen LogP contribution in [0.1, 0.15) is 32.6 Å². The van der Waals surface area contributed by atoms with Crippen LogP contribution in [0.3, 0.4) is 0 Å². The van der Waals surface area contributed by atoms with Gasteiger partial charge in [0.15, 0.2) is 0 Å². The molecule has 0 radical (unpaired) electrons. The van der Waals surface area contributed by atoms with Crippen LogP contribution in [0.15, 0.2) is 0 Å². The molecule has 3 heteroatoms. The zero-order valence-electron chi connectivity index (χ0n) is 10.8. The lowest BCUT2D eigenvalue weighted by atomic mass is 9.84. The smallest absolute Gasteiger partial charge is 0.0702 e.